The van der Waals surface area contributed by atoms with Crippen LogP contribution in [0.4, 0.5) is 0 Å². The second-order valence-electron chi connectivity index (χ2n) is 3.89. The quantitative estimate of drug-likeness (QED) is 0.682. The number of hydrogen-bond donors (Lipinski definition) is 0. The molecule has 86 valence electrons. The van der Waals surface area contributed by atoms with Gasteiger partial charge < -0.3 is 0 Å². The molecule has 3 rings (SSSR count). The van der Waals surface area contributed by atoms with Crippen molar-refractivity contribution in [3.8, 4) is 22.5 Å². The summed E-state index contributed by atoms with van der Waals surface area (Å²) in [6.45, 7) is 0. The molecule has 1 aromatic carbocycles. The molecular weight excluding hydrogens is 222 g/mol. The van der Waals surface area contributed by atoms with E-state index in [9.17, 15) is 0 Å². The van der Waals surface area contributed by atoms with E-state index in [2.05, 4.69) is 27.1 Å². The number of aromatic nitrogens is 3. The SMILES string of the molecule is c1cnc(-c2cccc(-c3cccnc3)c2)nc1. The van der Waals surface area contributed by atoms with E-state index in [1.165, 1.54) is 0 Å². The fourth-order valence-corrected chi connectivity index (χ4v) is 1.82. The molecule has 0 aliphatic heterocycles. The molecule has 3 heteroatoms. The van der Waals surface area contributed by atoms with Crippen LogP contribution in [0.3, 0.4) is 0 Å². The van der Waals surface area contributed by atoms with Gasteiger partial charge in [-0.2, -0.15) is 0 Å². The van der Waals surface area contributed by atoms with Crippen LogP contribution in [0.2, 0.25) is 0 Å². The smallest absolute Gasteiger partial charge is 0.159 e. The molecule has 0 radical (unpaired) electrons. The first-order chi connectivity index (χ1) is 8.93. The molecule has 0 unspecified atom stereocenters. The lowest BCUT2D eigenvalue weighted by atomic mass is 10.0. The number of rotatable bonds is 2. The fourth-order valence-electron chi connectivity index (χ4n) is 1.82. The Morgan fingerprint density at radius 3 is 2.22 bits per heavy atom. The molecule has 18 heavy (non-hydrogen) atoms. The fraction of sp³-hybridized carbons (Fsp3) is 0. The van der Waals surface area contributed by atoms with Crippen molar-refractivity contribution in [3.63, 3.8) is 0 Å². The van der Waals surface area contributed by atoms with E-state index >= 15 is 0 Å². The number of hydrogen-bond acceptors (Lipinski definition) is 3. The zero-order chi connectivity index (χ0) is 12.2. The van der Waals surface area contributed by atoms with E-state index in [1.807, 2.05) is 36.5 Å². The number of nitrogens with zero attached hydrogens (tertiary/aromatic N) is 3. The van der Waals surface area contributed by atoms with Crippen molar-refractivity contribution >= 4 is 0 Å². The van der Waals surface area contributed by atoms with E-state index in [0.29, 0.717) is 0 Å². The summed E-state index contributed by atoms with van der Waals surface area (Å²) < 4.78 is 0. The van der Waals surface area contributed by atoms with Crippen molar-refractivity contribution in [2.45, 2.75) is 0 Å². The standard InChI is InChI=1S/C15H11N3/c1-4-12(14-6-2-7-16-11-14)10-13(5-1)15-17-8-3-9-18-15/h1-11H. The van der Waals surface area contributed by atoms with Gasteiger partial charge in [0.1, 0.15) is 0 Å². The molecule has 0 atom stereocenters. The summed E-state index contributed by atoms with van der Waals surface area (Å²) in [5.74, 6) is 0.739. The Morgan fingerprint density at radius 2 is 1.44 bits per heavy atom. The van der Waals surface area contributed by atoms with Crippen LogP contribution < -0.4 is 0 Å². The van der Waals surface area contributed by atoms with Crippen molar-refractivity contribution in [1.29, 1.82) is 0 Å². The van der Waals surface area contributed by atoms with Crippen LogP contribution >= 0.6 is 0 Å². The summed E-state index contributed by atoms with van der Waals surface area (Å²) in [4.78, 5) is 12.6. The monoisotopic (exact) mass is 233 g/mol. The molecule has 0 N–H and O–H groups in total. The molecule has 2 aromatic heterocycles. The van der Waals surface area contributed by atoms with Gasteiger partial charge in [0.05, 0.1) is 0 Å². The average Bonchev–Trinajstić information content (AvgIpc) is 2.49. The molecule has 0 fully saturated rings. The summed E-state index contributed by atoms with van der Waals surface area (Å²) in [5, 5.41) is 0. The first kappa shape index (κ1) is 10.6. The van der Waals surface area contributed by atoms with Crippen molar-refractivity contribution in [1.82, 2.24) is 15.0 Å². The Morgan fingerprint density at radius 1 is 0.667 bits per heavy atom. The predicted molar refractivity (Wildman–Crippen MR) is 70.7 cm³/mol. The van der Waals surface area contributed by atoms with Gasteiger partial charge in [-0.1, -0.05) is 24.3 Å². The van der Waals surface area contributed by atoms with Crippen molar-refractivity contribution in [2.75, 3.05) is 0 Å². The maximum Gasteiger partial charge on any atom is 0.159 e. The number of benzene rings is 1. The molecular formula is C15H11N3. The van der Waals surface area contributed by atoms with E-state index < -0.39 is 0 Å². The van der Waals surface area contributed by atoms with E-state index in [-0.39, 0.29) is 0 Å². The van der Waals surface area contributed by atoms with Gasteiger partial charge in [0.2, 0.25) is 0 Å². The zero-order valence-corrected chi connectivity index (χ0v) is 9.69. The Bertz CT molecular complexity index is 581. The summed E-state index contributed by atoms with van der Waals surface area (Å²) in [6.07, 6.45) is 7.12. The highest BCUT2D eigenvalue weighted by molar-refractivity contribution is 5.69. The van der Waals surface area contributed by atoms with Gasteiger partial charge in [-0.25, -0.2) is 9.97 Å². The lowest BCUT2D eigenvalue weighted by Gasteiger charge is -2.04. The highest BCUT2D eigenvalue weighted by Crippen LogP contribution is 2.23. The topological polar surface area (TPSA) is 38.7 Å². The third-order valence-corrected chi connectivity index (χ3v) is 2.68. The van der Waals surface area contributed by atoms with Crippen molar-refractivity contribution < 1.29 is 0 Å². The van der Waals surface area contributed by atoms with Gasteiger partial charge in [0.15, 0.2) is 5.82 Å². The number of pyridine rings is 1. The summed E-state index contributed by atoms with van der Waals surface area (Å²) in [7, 11) is 0. The predicted octanol–water partition coefficient (Wildman–Crippen LogP) is 3.21. The lowest BCUT2D eigenvalue weighted by molar-refractivity contribution is 1.18. The van der Waals surface area contributed by atoms with Crippen molar-refractivity contribution in [2.24, 2.45) is 0 Å². The van der Waals surface area contributed by atoms with Crippen LogP contribution in [-0.4, -0.2) is 15.0 Å². The summed E-state index contributed by atoms with van der Waals surface area (Å²) in [6, 6.07) is 13.9. The van der Waals surface area contributed by atoms with Crippen LogP contribution in [0.5, 0.6) is 0 Å². The second kappa shape index (κ2) is 4.75. The van der Waals surface area contributed by atoms with Crippen LogP contribution in [0.1, 0.15) is 0 Å². The third-order valence-electron chi connectivity index (χ3n) is 2.68. The third kappa shape index (κ3) is 2.11. The average molecular weight is 233 g/mol. The second-order valence-corrected chi connectivity index (χ2v) is 3.89. The molecule has 0 saturated carbocycles. The van der Waals surface area contributed by atoms with Gasteiger partial charge in [-0.15, -0.1) is 0 Å². The first-order valence-electron chi connectivity index (χ1n) is 5.71. The van der Waals surface area contributed by atoms with Gasteiger partial charge in [0.25, 0.3) is 0 Å². The van der Waals surface area contributed by atoms with Crippen molar-refractivity contribution in [3.05, 3.63) is 67.3 Å². The molecule has 0 saturated heterocycles. The maximum atomic E-state index is 4.26. The Labute approximate surface area is 105 Å². The molecule has 0 aliphatic rings. The van der Waals surface area contributed by atoms with Gasteiger partial charge >= 0.3 is 0 Å². The molecule has 0 bridgehead atoms. The summed E-state index contributed by atoms with van der Waals surface area (Å²) in [5.41, 5.74) is 3.22. The van der Waals surface area contributed by atoms with E-state index in [1.54, 1.807) is 18.6 Å². The Hall–Kier alpha value is -2.55. The minimum Gasteiger partial charge on any atom is -0.264 e. The minimum atomic E-state index is 0.739. The minimum absolute atomic E-state index is 0.739. The Kier molecular flexibility index (Phi) is 2.80. The Balaban J connectivity index is 2.05. The highest BCUT2D eigenvalue weighted by Gasteiger charge is 2.02. The van der Waals surface area contributed by atoms with E-state index in [4.69, 9.17) is 0 Å². The largest absolute Gasteiger partial charge is 0.264 e. The van der Waals surface area contributed by atoms with Crippen LogP contribution in [0, 0.1) is 0 Å². The van der Waals surface area contributed by atoms with Gasteiger partial charge in [-0.3, -0.25) is 4.98 Å². The molecule has 0 aliphatic carbocycles. The highest BCUT2D eigenvalue weighted by atomic mass is 14.8. The molecule has 0 spiro atoms. The zero-order valence-electron chi connectivity index (χ0n) is 9.69. The molecule has 0 amide bonds. The van der Waals surface area contributed by atoms with Crippen LogP contribution in [-0.2, 0) is 0 Å². The maximum absolute atomic E-state index is 4.26. The normalized spacial score (nSPS) is 10.2. The van der Waals surface area contributed by atoms with Crippen LogP contribution in [0.15, 0.2) is 67.3 Å². The molecule has 3 aromatic rings. The van der Waals surface area contributed by atoms with Crippen LogP contribution in [0.25, 0.3) is 22.5 Å². The molecule has 2 heterocycles. The summed E-state index contributed by atoms with van der Waals surface area (Å²) >= 11 is 0. The molecule has 3 nitrogen and oxygen atoms in total. The van der Waals surface area contributed by atoms with E-state index in [0.717, 1.165) is 22.5 Å². The lowest BCUT2D eigenvalue weighted by Crippen LogP contribution is -1.87. The van der Waals surface area contributed by atoms with Gasteiger partial charge in [-0.05, 0) is 23.8 Å². The first-order valence-corrected chi connectivity index (χ1v) is 5.71. The van der Waals surface area contributed by atoms with Gasteiger partial charge in [0, 0.05) is 35.9 Å².